The number of carbonyl (C=O) groups is 2. The molecule has 3 unspecified atom stereocenters. The Morgan fingerprint density at radius 3 is 1.78 bits per heavy atom. The molecule has 160 valence electrons. The molecule has 0 aliphatic carbocycles. The SMILES string of the molecule is CCCOC(C)C(=O)CC(CP(=O)(OCC)OCC)C(=O)C(C)OCCC. The van der Waals surface area contributed by atoms with Crippen molar-refractivity contribution in [2.45, 2.75) is 73.0 Å². The van der Waals surface area contributed by atoms with Gasteiger partial charge in [-0.2, -0.15) is 0 Å². The summed E-state index contributed by atoms with van der Waals surface area (Å²) >= 11 is 0. The first-order chi connectivity index (χ1) is 12.7. The lowest BCUT2D eigenvalue weighted by Crippen LogP contribution is -2.35. The minimum absolute atomic E-state index is 0.0757. The summed E-state index contributed by atoms with van der Waals surface area (Å²) in [4.78, 5) is 25.4. The number of Topliss-reactive ketones (excluding diaryl/α,β-unsaturated/α-hetero) is 2. The number of hydrogen-bond donors (Lipinski definition) is 0. The van der Waals surface area contributed by atoms with E-state index in [0.29, 0.717) is 13.2 Å². The third-order valence-corrected chi connectivity index (χ3v) is 6.13. The molecule has 27 heavy (non-hydrogen) atoms. The molecule has 0 fully saturated rings. The lowest BCUT2D eigenvalue weighted by atomic mass is 9.95. The highest BCUT2D eigenvalue weighted by Crippen LogP contribution is 2.50. The van der Waals surface area contributed by atoms with Gasteiger partial charge in [-0.15, -0.1) is 0 Å². The second-order valence-electron chi connectivity index (χ2n) is 6.42. The molecule has 8 heteroatoms. The van der Waals surface area contributed by atoms with Gasteiger partial charge in [0.25, 0.3) is 0 Å². The van der Waals surface area contributed by atoms with Gasteiger partial charge in [-0.25, -0.2) is 0 Å². The van der Waals surface area contributed by atoms with Gasteiger partial charge in [-0.05, 0) is 40.5 Å². The number of hydrogen-bond acceptors (Lipinski definition) is 7. The Morgan fingerprint density at radius 2 is 1.33 bits per heavy atom. The fraction of sp³-hybridized carbons (Fsp3) is 0.895. The third kappa shape index (κ3) is 10.5. The van der Waals surface area contributed by atoms with Crippen LogP contribution in [0.4, 0.5) is 0 Å². The summed E-state index contributed by atoms with van der Waals surface area (Å²) in [6, 6.07) is 0. The van der Waals surface area contributed by atoms with Crippen LogP contribution in [0.3, 0.4) is 0 Å². The monoisotopic (exact) mass is 408 g/mol. The van der Waals surface area contributed by atoms with Crippen molar-refractivity contribution in [2.24, 2.45) is 5.92 Å². The number of ketones is 2. The van der Waals surface area contributed by atoms with Crippen molar-refractivity contribution in [3.63, 3.8) is 0 Å². The standard InChI is InChI=1S/C19H37O7P/c1-7-11-23-15(5)18(20)13-17(19(21)16(6)24-12-8-2)14-27(22,25-9-3)26-10-4/h15-17H,7-14H2,1-6H3. The average Bonchev–Trinajstić information content (AvgIpc) is 2.63. The van der Waals surface area contributed by atoms with Crippen LogP contribution in [0, 0.1) is 5.92 Å². The molecule has 3 atom stereocenters. The van der Waals surface area contributed by atoms with Gasteiger partial charge in [0.15, 0.2) is 11.6 Å². The minimum atomic E-state index is -3.47. The van der Waals surface area contributed by atoms with Gasteiger partial charge in [0.2, 0.25) is 0 Å². The Bertz CT molecular complexity index is 471. The number of ether oxygens (including phenoxy) is 2. The lowest BCUT2D eigenvalue weighted by Gasteiger charge is -2.25. The Morgan fingerprint density at radius 1 is 0.852 bits per heavy atom. The average molecular weight is 408 g/mol. The van der Waals surface area contributed by atoms with Crippen molar-refractivity contribution in [1.82, 2.24) is 0 Å². The second-order valence-corrected chi connectivity index (χ2v) is 8.53. The van der Waals surface area contributed by atoms with E-state index in [1.54, 1.807) is 27.7 Å². The van der Waals surface area contributed by atoms with Crippen LogP contribution in [0.15, 0.2) is 0 Å². The van der Waals surface area contributed by atoms with Crippen LogP contribution in [0.5, 0.6) is 0 Å². The van der Waals surface area contributed by atoms with Crippen molar-refractivity contribution >= 4 is 19.2 Å². The molecule has 0 radical (unpaired) electrons. The highest BCUT2D eigenvalue weighted by atomic mass is 31.2. The number of carbonyl (C=O) groups excluding carboxylic acids is 2. The lowest BCUT2D eigenvalue weighted by molar-refractivity contribution is -0.138. The van der Waals surface area contributed by atoms with Crippen molar-refractivity contribution in [1.29, 1.82) is 0 Å². The van der Waals surface area contributed by atoms with E-state index in [1.807, 2.05) is 13.8 Å². The third-order valence-electron chi connectivity index (χ3n) is 3.94. The summed E-state index contributed by atoms with van der Waals surface area (Å²) in [6.45, 7) is 12.0. The van der Waals surface area contributed by atoms with Crippen LogP contribution in [0.1, 0.15) is 60.8 Å². The largest absolute Gasteiger partial charge is 0.371 e. The van der Waals surface area contributed by atoms with Crippen LogP contribution in [-0.2, 0) is 32.7 Å². The molecular formula is C19H37O7P. The van der Waals surface area contributed by atoms with Crippen LogP contribution < -0.4 is 0 Å². The van der Waals surface area contributed by atoms with Gasteiger partial charge in [0.05, 0.1) is 19.4 Å². The van der Waals surface area contributed by atoms with Gasteiger partial charge in [0.1, 0.15) is 12.2 Å². The molecular weight excluding hydrogens is 371 g/mol. The predicted octanol–water partition coefficient (Wildman–Crippen LogP) is 4.03. The van der Waals surface area contributed by atoms with Gasteiger partial charge in [-0.3, -0.25) is 14.2 Å². The highest BCUT2D eigenvalue weighted by molar-refractivity contribution is 7.53. The fourth-order valence-corrected chi connectivity index (χ4v) is 4.49. The summed E-state index contributed by atoms with van der Waals surface area (Å²) < 4.78 is 34.5. The van der Waals surface area contributed by atoms with Crippen molar-refractivity contribution < 1.29 is 32.7 Å². The number of rotatable bonds is 17. The first-order valence-electron chi connectivity index (χ1n) is 9.92. The molecule has 0 saturated heterocycles. The Hall–Kier alpha value is -0.590. The summed E-state index contributed by atoms with van der Waals surface area (Å²) in [5, 5.41) is 0. The van der Waals surface area contributed by atoms with Crippen molar-refractivity contribution in [2.75, 3.05) is 32.6 Å². The molecule has 0 bridgehead atoms. The summed E-state index contributed by atoms with van der Waals surface area (Å²) in [7, 11) is -3.47. The zero-order valence-corrected chi connectivity index (χ0v) is 18.6. The normalized spacial score (nSPS) is 15.3. The van der Waals surface area contributed by atoms with Crippen LogP contribution in [0.2, 0.25) is 0 Å². The Balaban J connectivity index is 5.32. The van der Waals surface area contributed by atoms with Crippen LogP contribution in [0.25, 0.3) is 0 Å². The maximum absolute atomic E-state index is 12.9. The highest BCUT2D eigenvalue weighted by Gasteiger charge is 2.36. The van der Waals surface area contributed by atoms with E-state index in [0.717, 1.165) is 12.8 Å². The van der Waals surface area contributed by atoms with Crippen molar-refractivity contribution in [3.05, 3.63) is 0 Å². The molecule has 0 saturated carbocycles. The molecule has 0 aliphatic heterocycles. The first-order valence-corrected chi connectivity index (χ1v) is 11.6. The molecule has 0 aromatic carbocycles. The molecule has 0 aliphatic rings. The van der Waals surface area contributed by atoms with E-state index < -0.39 is 25.7 Å². The van der Waals surface area contributed by atoms with Crippen molar-refractivity contribution in [3.8, 4) is 0 Å². The molecule has 0 aromatic heterocycles. The first kappa shape index (κ1) is 26.4. The van der Waals surface area contributed by atoms with E-state index in [-0.39, 0.29) is 37.4 Å². The smallest absolute Gasteiger partial charge is 0.331 e. The summed E-state index contributed by atoms with van der Waals surface area (Å²) in [6.07, 6.45) is 0.0513. The van der Waals surface area contributed by atoms with Crippen LogP contribution in [-0.4, -0.2) is 56.4 Å². The molecule has 0 spiro atoms. The maximum atomic E-state index is 12.9. The topological polar surface area (TPSA) is 88.1 Å². The van der Waals surface area contributed by atoms with E-state index in [9.17, 15) is 14.2 Å². The fourth-order valence-electron chi connectivity index (χ4n) is 2.57. The summed E-state index contributed by atoms with van der Waals surface area (Å²) in [5.41, 5.74) is 0. The van der Waals surface area contributed by atoms with Gasteiger partial charge < -0.3 is 18.5 Å². The molecule has 0 rings (SSSR count). The summed E-state index contributed by atoms with van der Waals surface area (Å²) in [5.74, 6) is -1.27. The maximum Gasteiger partial charge on any atom is 0.331 e. The van der Waals surface area contributed by atoms with E-state index >= 15 is 0 Å². The van der Waals surface area contributed by atoms with Crippen LogP contribution >= 0.6 is 7.60 Å². The van der Waals surface area contributed by atoms with Gasteiger partial charge >= 0.3 is 7.60 Å². The second kappa shape index (κ2) is 14.4. The Kier molecular flexibility index (Phi) is 14.1. The quantitative estimate of drug-likeness (QED) is 0.336. The minimum Gasteiger partial charge on any atom is -0.371 e. The molecule has 0 heterocycles. The van der Waals surface area contributed by atoms with E-state index in [1.165, 1.54) is 0 Å². The van der Waals surface area contributed by atoms with Gasteiger partial charge in [-0.1, -0.05) is 13.8 Å². The molecule has 0 N–H and O–H groups in total. The zero-order chi connectivity index (χ0) is 20.9. The van der Waals surface area contributed by atoms with E-state index in [2.05, 4.69) is 0 Å². The van der Waals surface area contributed by atoms with E-state index in [4.69, 9.17) is 18.5 Å². The molecule has 7 nitrogen and oxygen atoms in total. The van der Waals surface area contributed by atoms with Gasteiger partial charge in [0, 0.05) is 25.6 Å². The molecule has 0 aromatic rings. The molecule has 0 amide bonds. The zero-order valence-electron chi connectivity index (χ0n) is 17.7. The Labute approximate surface area is 164 Å². The predicted molar refractivity (Wildman–Crippen MR) is 105 cm³/mol.